The van der Waals surface area contributed by atoms with E-state index in [4.69, 9.17) is 0 Å². The lowest BCUT2D eigenvalue weighted by molar-refractivity contribution is 0.325. The molecule has 23 heavy (non-hydrogen) atoms. The summed E-state index contributed by atoms with van der Waals surface area (Å²) in [5.41, 5.74) is 0. The summed E-state index contributed by atoms with van der Waals surface area (Å²) >= 11 is 0. The molecule has 1 aliphatic rings. The quantitative estimate of drug-likeness (QED) is 0.829. The second kappa shape index (κ2) is 7.44. The molecule has 0 radical (unpaired) electrons. The summed E-state index contributed by atoms with van der Waals surface area (Å²) in [6.45, 7) is 0. The Balaban J connectivity index is 1.98. The molecular weight excluding hydrogens is 303 g/mol. The minimum absolute atomic E-state index is 0.236. The summed E-state index contributed by atoms with van der Waals surface area (Å²) in [6, 6.07) is 20.3. The van der Waals surface area contributed by atoms with Gasteiger partial charge in [0.1, 0.15) is 0 Å². The van der Waals surface area contributed by atoms with Gasteiger partial charge in [-0.2, -0.15) is 0 Å². The Kier molecular flexibility index (Phi) is 5.32. The van der Waals surface area contributed by atoms with E-state index in [0.29, 0.717) is 6.04 Å². The van der Waals surface area contributed by atoms with Gasteiger partial charge >= 0.3 is 0 Å². The maximum absolute atomic E-state index is 14.0. The van der Waals surface area contributed by atoms with Crippen molar-refractivity contribution in [3.63, 3.8) is 0 Å². The predicted octanol–water partition coefficient (Wildman–Crippen LogP) is 3.04. The highest BCUT2D eigenvalue weighted by molar-refractivity contribution is 7.76. The van der Waals surface area contributed by atoms with Gasteiger partial charge in [-0.15, -0.1) is 0 Å². The third-order valence-corrected chi connectivity index (χ3v) is 7.47. The molecule has 2 aromatic carbocycles. The van der Waals surface area contributed by atoms with Gasteiger partial charge in [-0.3, -0.25) is 9.65 Å². The molecule has 2 N–H and O–H groups in total. The zero-order valence-electron chi connectivity index (χ0n) is 13.6. The Morgan fingerprint density at radius 2 is 1.30 bits per heavy atom. The van der Waals surface area contributed by atoms with Gasteiger partial charge in [-0.1, -0.05) is 49.2 Å². The standard InChI is InChI=1S/C19H25N2OP/c1-20-18-14-8-9-15-19(18)21-23(22,16-10-4-2-5-11-16)17-12-6-3-7-13-17/h2-7,10-13,18-20H,8-9,14-15H2,1H3,(H,21,22)/t18-,19-/m1/s1. The molecule has 0 unspecified atom stereocenters. The van der Waals surface area contributed by atoms with E-state index in [1.54, 1.807) is 0 Å². The van der Waals surface area contributed by atoms with Crippen LogP contribution in [0.25, 0.3) is 0 Å². The monoisotopic (exact) mass is 328 g/mol. The summed E-state index contributed by atoms with van der Waals surface area (Å²) in [4.78, 5) is 0. The molecule has 0 bridgehead atoms. The Labute approximate surface area is 138 Å². The van der Waals surface area contributed by atoms with E-state index in [1.165, 1.54) is 12.8 Å². The zero-order valence-corrected chi connectivity index (χ0v) is 14.5. The van der Waals surface area contributed by atoms with Crippen LogP contribution in [0, 0.1) is 0 Å². The van der Waals surface area contributed by atoms with Crippen molar-refractivity contribution >= 4 is 17.9 Å². The number of likely N-dealkylation sites (N-methyl/N-ethyl adjacent to an activating group) is 1. The smallest absolute Gasteiger partial charge is 0.204 e. The van der Waals surface area contributed by atoms with Crippen LogP contribution in [0.15, 0.2) is 60.7 Å². The van der Waals surface area contributed by atoms with Crippen LogP contribution < -0.4 is 21.0 Å². The first-order valence-electron chi connectivity index (χ1n) is 8.40. The molecule has 0 spiro atoms. The SMILES string of the molecule is CN[C@@H]1CCCC[C@H]1NP(=O)(c1ccccc1)c1ccccc1. The van der Waals surface area contributed by atoms with Gasteiger partial charge < -0.3 is 5.32 Å². The van der Waals surface area contributed by atoms with Gasteiger partial charge in [0.25, 0.3) is 0 Å². The van der Waals surface area contributed by atoms with Crippen LogP contribution in [0.2, 0.25) is 0 Å². The van der Waals surface area contributed by atoms with Gasteiger partial charge in [0.15, 0.2) is 0 Å². The van der Waals surface area contributed by atoms with Crippen LogP contribution in [0.5, 0.6) is 0 Å². The Bertz CT molecular complexity index is 616. The third-order valence-electron chi connectivity index (χ3n) is 4.72. The van der Waals surface area contributed by atoms with Gasteiger partial charge in [0, 0.05) is 22.7 Å². The van der Waals surface area contributed by atoms with E-state index < -0.39 is 7.29 Å². The van der Waals surface area contributed by atoms with E-state index >= 15 is 0 Å². The number of hydrogen-bond acceptors (Lipinski definition) is 2. The second-order valence-electron chi connectivity index (χ2n) is 6.20. The predicted molar refractivity (Wildman–Crippen MR) is 98.0 cm³/mol. The molecule has 3 nitrogen and oxygen atoms in total. The molecule has 0 saturated heterocycles. The number of nitrogens with one attached hydrogen (secondary N) is 2. The molecule has 0 heterocycles. The summed E-state index contributed by atoms with van der Waals surface area (Å²) in [5, 5.41) is 8.72. The molecule has 1 saturated carbocycles. The van der Waals surface area contributed by atoms with Gasteiger partial charge in [0.05, 0.1) is 0 Å². The second-order valence-corrected chi connectivity index (χ2v) is 8.71. The molecule has 2 atom stereocenters. The number of benzene rings is 2. The summed E-state index contributed by atoms with van der Waals surface area (Å²) in [5.74, 6) is 0. The summed E-state index contributed by atoms with van der Waals surface area (Å²) in [6.07, 6.45) is 4.64. The van der Waals surface area contributed by atoms with Crippen molar-refractivity contribution in [3.8, 4) is 0 Å². The molecule has 1 aliphatic carbocycles. The lowest BCUT2D eigenvalue weighted by Gasteiger charge is -2.35. The Morgan fingerprint density at radius 1 is 0.826 bits per heavy atom. The highest BCUT2D eigenvalue weighted by Crippen LogP contribution is 2.41. The molecule has 4 heteroatoms. The van der Waals surface area contributed by atoms with Crippen molar-refractivity contribution in [2.24, 2.45) is 0 Å². The fourth-order valence-corrected chi connectivity index (χ4v) is 5.99. The molecular formula is C19H25N2OP. The number of hydrogen-bond donors (Lipinski definition) is 2. The van der Waals surface area contributed by atoms with Crippen molar-refractivity contribution in [1.82, 2.24) is 10.4 Å². The van der Waals surface area contributed by atoms with Crippen molar-refractivity contribution in [3.05, 3.63) is 60.7 Å². The van der Waals surface area contributed by atoms with E-state index in [0.717, 1.165) is 23.5 Å². The maximum atomic E-state index is 14.0. The van der Waals surface area contributed by atoms with Gasteiger partial charge in [-0.25, -0.2) is 0 Å². The average molecular weight is 328 g/mol. The van der Waals surface area contributed by atoms with E-state index in [9.17, 15) is 4.57 Å². The molecule has 2 aromatic rings. The van der Waals surface area contributed by atoms with Crippen LogP contribution in [0.4, 0.5) is 0 Å². The topological polar surface area (TPSA) is 41.1 Å². The molecule has 122 valence electrons. The van der Waals surface area contributed by atoms with Crippen molar-refractivity contribution in [2.45, 2.75) is 37.8 Å². The normalized spacial score (nSPS) is 22.0. The van der Waals surface area contributed by atoms with Gasteiger partial charge in [-0.05, 0) is 44.2 Å². The lowest BCUT2D eigenvalue weighted by atomic mass is 9.91. The first kappa shape index (κ1) is 16.4. The minimum atomic E-state index is -2.83. The lowest BCUT2D eigenvalue weighted by Crippen LogP contribution is -2.49. The minimum Gasteiger partial charge on any atom is -0.315 e. The molecule has 1 fully saturated rings. The van der Waals surface area contributed by atoms with Crippen molar-refractivity contribution < 1.29 is 4.57 Å². The molecule has 0 aliphatic heterocycles. The molecule has 3 rings (SSSR count). The Morgan fingerprint density at radius 3 is 1.78 bits per heavy atom. The largest absolute Gasteiger partial charge is 0.315 e. The fourth-order valence-electron chi connectivity index (χ4n) is 3.44. The van der Waals surface area contributed by atoms with E-state index in [2.05, 4.69) is 10.4 Å². The molecule has 0 aromatic heterocycles. The first-order valence-corrected chi connectivity index (χ1v) is 10.1. The Hall–Kier alpha value is -1.41. The fraction of sp³-hybridized carbons (Fsp3) is 0.368. The maximum Gasteiger partial charge on any atom is 0.204 e. The zero-order chi connectivity index (χ0) is 16.1. The van der Waals surface area contributed by atoms with Gasteiger partial charge in [0.2, 0.25) is 7.29 Å². The molecule has 0 amide bonds. The highest BCUT2D eigenvalue weighted by Gasteiger charge is 2.33. The van der Waals surface area contributed by atoms with Crippen LogP contribution in [-0.4, -0.2) is 19.1 Å². The first-order chi connectivity index (χ1) is 11.2. The van der Waals surface area contributed by atoms with Crippen LogP contribution >= 0.6 is 7.29 Å². The van der Waals surface area contributed by atoms with Crippen LogP contribution in [-0.2, 0) is 4.57 Å². The third kappa shape index (κ3) is 3.58. The average Bonchev–Trinajstić information content (AvgIpc) is 2.63. The van der Waals surface area contributed by atoms with E-state index in [1.807, 2.05) is 67.7 Å². The highest BCUT2D eigenvalue weighted by atomic mass is 31.2. The summed E-state index contributed by atoms with van der Waals surface area (Å²) < 4.78 is 14.0. The van der Waals surface area contributed by atoms with Crippen LogP contribution in [0.1, 0.15) is 25.7 Å². The van der Waals surface area contributed by atoms with Crippen molar-refractivity contribution in [1.29, 1.82) is 0 Å². The van der Waals surface area contributed by atoms with E-state index in [-0.39, 0.29) is 6.04 Å². The number of rotatable bonds is 5. The summed E-state index contributed by atoms with van der Waals surface area (Å²) in [7, 11) is -0.832. The van der Waals surface area contributed by atoms with Crippen LogP contribution in [0.3, 0.4) is 0 Å². The van der Waals surface area contributed by atoms with Crippen molar-refractivity contribution in [2.75, 3.05) is 7.05 Å².